The molecule has 4 amide bonds. The molecule has 0 unspecified atom stereocenters. The van der Waals surface area contributed by atoms with Gasteiger partial charge >= 0.3 is 0 Å². The second-order valence-corrected chi connectivity index (χ2v) is 15.9. The van der Waals surface area contributed by atoms with Crippen molar-refractivity contribution in [1.29, 1.82) is 0 Å². The highest BCUT2D eigenvalue weighted by Gasteiger charge is 2.33. The van der Waals surface area contributed by atoms with E-state index in [0.717, 1.165) is 53.2 Å². The first-order valence-corrected chi connectivity index (χ1v) is 20.8. The predicted octanol–water partition coefficient (Wildman–Crippen LogP) is 5.33. The molecule has 2 aliphatic heterocycles. The van der Waals surface area contributed by atoms with Gasteiger partial charge in [0.05, 0.1) is 56.9 Å². The molecule has 2 atom stereocenters. The van der Waals surface area contributed by atoms with Crippen molar-refractivity contribution in [1.82, 2.24) is 38.7 Å². The second-order valence-electron chi connectivity index (χ2n) is 15.9. The molecule has 0 fully saturated rings. The lowest BCUT2D eigenvalue weighted by atomic mass is 10.0. The van der Waals surface area contributed by atoms with Crippen LogP contribution in [0.4, 0.5) is 23.3 Å². The summed E-state index contributed by atoms with van der Waals surface area (Å²) in [6, 6.07) is 10.2. The van der Waals surface area contributed by atoms with Gasteiger partial charge < -0.3 is 30.4 Å². The van der Waals surface area contributed by atoms with Crippen molar-refractivity contribution in [3.05, 3.63) is 82.5 Å². The number of allylic oxidation sites excluding steroid dienone is 2. The summed E-state index contributed by atoms with van der Waals surface area (Å²) >= 11 is 0. The van der Waals surface area contributed by atoms with E-state index in [9.17, 15) is 19.2 Å². The number of nitrogens with zero attached hydrogens (tertiary/aromatic N) is 10. The van der Waals surface area contributed by atoms with Gasteiger partial charge in [-0.1, -0.05) is 25.5 Å². The number of primary amides is 2. The van der Waals surface area contributed by atoms with Gasteiger partial charge in [-0.3, -0.25) is 39.2 Å². The number of hydrogen-bond acceptors (Lipinski definition) is 10. The number of imidazole rings is 2. The van der Waals surface area contributed by atoms with Gasteiger partial charge in [-0.25, -0.2) is 9.97 Å². The molecule has 318 valence electrons. The molecule has 0 radical (unpaired) electrons. The molecule has 8 rings (SSSR count). The van der Waals surface area contributed by atoms with Crippen molar-refractivity contribution in [2.75, 3.05) is 47.1 Å². The first-order valence-electron chi connectivity index (χ1n) is 20.8. The molecule has 0 aliphatic carbocycles. The van der Waals surface area contributed by atoms with Crippen LogP contribution in [0.3, 0.4) is 0 Å². The fourth-order valence-corrected chi connectivity index (χ4v) is 8.75. The number of aryl methyl sites for hydroxylation is 4. The SMILES string of the molecule is CCCCN1C[C@H](C/C=C\C[C@H]2CN(C)c3cc(C(N)=O)cc4nc(NC(=O)c5cc(C)nn5CC)n2c34)n2c(NC(=O)c3cc(C)nn3CC)nc3cc(C(N)=O)cc1c32. The minimum Gasteiger partial charge on any atom is -0.371 e. The van der Waals surface area contributed by atoms with Crippen molar-refractivity contribution in [2.24, 2.45) is 11.5 Å². The molecule has 6 heterocycles. The molecule has 4 aromatic heterocycles. The number of carbonyl (C=O) groups is 4. The Morgan fingerprint density at radius 1 is 0.705 bits per heavy atom. The van der Waals surface area contributed by atoms with Crippen LogP contribution in [0.15, 0.2) is 48.6 Å². The zero-order valence-corrected chi connectivity index (χ0v) is 35.4. The second kappa shape index (κ2) is 16.2. The third-order valence-electron chi connectivity index (χ3n) is 11.6. The molecule has 18 nitrogen and oxygen atoms in total. The van der Waals surface area contributed by atoms with Crippen molar-refractivity contribution < 1.29 is 19.2 Å². The third-order valence-corrected chi connectivity index (χ3v) is 11.6. The lowest BCUT2D eigenvalue weighted by molar-refractivity contribution is 0.0992. The maximum absolute atomic E-state index is 13.8. The number of benzene rings is 2. The summed E-state index contributed by atoms with van der Waals surface area (Å²) in [5, 5.41) is 15.0. The van der Waals surface area contributed by atoms with Gasteiger partial charge in [0.1, 0.15) is 11.4 Å². The molecular weight excluding hydrogens is 777 g/mol. The molecule has 6 N–H and O–H groups in total. The Labute approximate surface area is 352 Å². The normalized spacial score (nSPS) is 16.0. The van der Waals surface area contributed by atoms with Crippen LogP contribution in [0.25, 0.3) is 22.1 Å². The number of carbonyl (C=O) groups excluding carboxylic acids is 4. The number of aromatic nitrogens is 8. The van der Waals surface area contributed by atoms with Crippen molar-refractivity contribution in [3.8, 4) is 0 Å². The highest BCUT2D eigenvalue weighted by molar-refractivity contribution is 6.07. The van der Waals surface area contributed by atoms with E-state index in [1.54, 1.807) is 39.7 Å². The zero-order valence-electron chi connectivity index (χ0n) is 35.4. The zero-order chi connectivity index (χ0) is 43.3. The Kier molecular flexibility index (Phi) is 10.9. The fourth-order valence-electron chi connectivity index (χ4n) is 8.75. The van der Waals surface area contributed by atoms with Crippen LogP contribution in [0.5, 0.6) is 0 Å². The van der Waals surface area contributed by atoms with E-state index in [-0.39, 0.29) is 23.9 Å². The van der Waals surface area contributed by atoms with Gasteiger partial charge in [0, 0.05) is 50.9 Å². The summed E-state index contributed by atoms with van der Waals surface area (Å²) in [5.41, 5.74) is 18.9. The molecule has 18 heteroatoms. The van der Waals surface area contributed by atoms with Gasteiger partial charge in [0.15, 0.2) is 0 Å². The lowest BCUT2D eigenvalue weighted by Gasteiger charge is -2.36. The number of nitrogens with one attached hydrogen (secondary N) is 2. The maximum Gasteiger partial charge on any atom is 0.276 e. The Morgan fingerprint density at radius 3 is 1.66 bits per heavy atom. The van der Waals surface area contributed by atoms with Gasteiger partial charge in [-0.15, -0.1) is 0 Å². The highest BCUT2D eigenvalue weighted by Crippen LogP contribution is 2.42. The molecular formula is C43H52N14O4. The van der Waals surface area contributed by atoms with Crippen LogP contribution >= 0.6 is 0 Å². The van der Waals surface area contributed by atoms with Crippen LogP contribution < -0.4 is 31.9 Å². The van der Waals surface area contributed by atoms with Crippen LogP contribution in [0, 0.1) is 13.8 Å². The Balaban J connectivity index is 1.13. The number of likely N-dealkylation sites (N-methyl/N-ethyl adjacent to an activating group) is 1. The third kappa shape index (κ3) is 7.46. The van der Waals surface area contributed by atoms with Crippen LogP contribution in [0.1, 0.15) is 112 Å². The first-order chi connectivity index (χ1) is 29.3. The molecule has 2 aromatic carbocycles. The van der Waals surface area contributed by atoms with Gasteiger partial charge in [0.2, 0.25) is 23.7 Å². The maximum atomic E-state index is 13.8. The van der Waals surface area contributed by atoms with Crippen molar-refractivity contribution >= 4 is 69.0 Å². The van der Waals surface area contributed by atoms with E-state index >= 15 is 0 Å². The Morgan fingerprint density at radius 2 is 1.18 bits per heavy atom. The van der Waals surface area contributed by atoms with Gasteiger partial charge in [0.25, 0.3) is 11.8 Å². The number of amides is 4. The minimum absolute atomic E-state index is 0.137. The molecule has 0 saturated heterocycles. The molecule has 0 spiro atoms. The predicted molar refractivity (Wildman–Crippen MR) is 235 cm³/mol. The summed E-state index contributed by atoms with van der Waals surface area (Å²) in [7, 11) is 1.97. The number of anilines is 4. The van der Waals surface area contributed by atoms with E-state index in [1.807, 2.05) is 45.4 Å². The van der Waals surface area contributed by atoms with Crippen LogP contribution in [-0.4, -0.2) is 89.0 Å². The van der Waals surface area contributed by atoms with E-state index in [4.69, 9.17) is 21.4 Å². The summed E-state index contributed by atoms with van der Waals surface area (Å²) in [6.07, 6.45) is 7.42. The quantitative estimate of drug-likeness (QED) is 0.0975. The number of rotatable bonds is 15. The van der Waals surface area contributed by atoms with Crippen LogP contribution in [-0.2, 0) is 13.1 Å². The van der Waals surface area contributed by atoms with Crippen LogP contribution in [0.2, 0.25) is 0 Å². The van der Waals surface area contributed by atoms with E-state index in [1.165, 1.54) is 0 Å². The van der Waals surface area contributed by atoms with E-state index in [0.29, 0.717) is 84.5 Å². The highest BCUT2D eigenvalue weighted by atomic mass is 16.2. The summed E-state index contributed by atoms with van der Waals surface area (Å²) in [5.74, 6) is -1.04. The molecule has 0 bridgehead atoms. The van der Waals surface area contributed by atoms with Gasteiger partial charge in [-0.2, -0.15) is 10.2 Å². The summed E-state index contributed by atoms with van der Waals surface area (Å²) in [6.45, 7) is 12.7. The van der Waals surface area contributed by atoms with Crippen molar-refractivity contribution in [2.45, 2.75) is 85.5 Å². The number of nitrogens with two attached hydrogens (primary N) is 2. The number of hydrogen-bond donors (Lipinski definition) is 4. The summed E-state index contributed by atoms with van der Waals surface area (Å²) in [4.78, 5) is 66.6. The largest absolute Gasteiger partial charge is 0.371 e. The first kappa shape index (κ1) is 40.8. The van der Waals surface area contributed by atoms with Gasteiger partial charge in [-0.05, 0) is 83.4 Å². The topological polar surface area (TPSA) is 222 Å². The average molecular weight is 829 g/mol. The smallest absolute Gasteiger partial charge is 0.276 e. The van der Waals surface area contributed by atoms with E-state index in [2.05, 4.69) is 54.3 Å². The Hall–Kier alpha value is -6.98. The molecule has 6 aromatic rings. The fraction of sp³-hybridized carbons (Fsp3) is 0.395. The molecule has 2 aliphatic rings. The molecule has 61 heavy (non-hydrogen) atoms. The standard InChI is InChI=1S/C43H52N14O4/c1-7-10-15-53-23-29(57-37-31(19-27(39(45)59)21-33(37)53)47-43(57)49-41(61)35-17-25(5)51-55(35)9-3)14-12-11-13-28-22-52(6)32-20-26(38(44)58)18-30-36(32)56(28)42(46-30)48-40(60)34-16-24(4)50-54(34)8-2/h11-12,16-21,28-29H,7-10,13-15,22-23H2,1-6H3,(H2,44,58)(H2,45,59)(H,46,48,60)(H,47,49,61)/b12-11-/t28-,29-/m0/s1. The Bertz CT molecular complexity index is 2750. The number of unbranched alkanes of at least 4 members (excludes halogenated alkanes) is 1. The average Bonchev–Trinajstić information content (AvgIpc) is 4.00. The van der Waals surface area contributed by atoms with E-state index < -0.39 is 11.8 Å². The van der Waals surface area contributed by atoms with Crippen molar-refractivity contribution in [3.63, 3.8) is 0 Å². The summed E-state index contributed by atoms with van der Waals surface area (Å²) < 4.78 is 7.45. The molecule has 0 saturated carbocycles. The lowest BCUT2D eigenvalue weighted by Crippen LogP contribution is -2.36. The minimum atomic E-state index is -0.563. The monoisotopic (exact) mass is 828 g/mol.